The number of unbranched alkanes of at least 4 members (excludes halogenated alkanes) is 1. The van der Waals surface area contributed by atoms with Gasteiger partial charge in [0, 0.05) is 10.9 Å². The normalized spacial score (nSPS) is 12.3. The van der Waals surface area contributed by atoms with Crippen molar-refractivity contribution in [2.45, 2.75) is 50.5 Å². The van der Waals surface area contributed by atoms with Crippen LogP contribution in [-0.4, -0.2) is 12.3 Å². The summed E-state index contributed by atoms with van der Waals surface area (Å²) in [6.07, 6.45) is 6.69. The summed E-state index contributed by atoms with van der Waals surface area (Å²) in [4.78, 5) is 1.37. The lowest BCUT2D eigenvalue weighted by Gasteiger charge is -2.19. The van der Waals surface area contributed by atoms with Crippen LogP contribution >= 0.6 is 11.8 Å². The summed E-state index contributed by atoms with van der Waals surface area (Å²) in [7, 11) is 0. The first-order chi connectivity index (χ1) is 9.31. The van der Waals surface area contributed by atoms with Crippen LogP contribution in [0.25, 0.3) is 0 Å². The molecule has 0 amide bonds. The number of allylic oxidation sites excluding steroid dienone is 1. The fraction of sp³-hybridized carbons (Fsp3) is 0.529. The molecule has 1 aromatic rings. The molecule has 0 spiro atoms. The zero-order chi connectivity index (χ0) is 13.9. The minimum absolute atomic E-state index is 0.487. The Bertz CT molecular complexity index is 345. The zero-order valence-electron chi connectivity index (χ0n) is 12.3. The van der Waals surface area contributed by atoms with Crippen LogP contribution in [-0.2, 0) is 0 Å². The molecule has 19 heavy (non-hydrogen) atoms. The standard InChI is InChI=1S/C17H27NS/c1-4-7-8-9-17(18-14-5-2)15-10-12-16(13-11-15)19-6-3/h4,10-13,17-18H,1,5-9,14H2,2-3H3. The number of rotatable bonds is 10. The van der Waals surface area contributed by atoms with E-state index in [4.69, 9.17) is 0 Å². The Balaban J connectivity index is 2.63. The highest BCUT2D eigenvalue weighted by molar-refractivity contribution is 7.99. The predicted molar refractivity (Wildman–Crippen MR) is 87.9 cm³/mol. The third-order valence-corrected chi connectivity index (χ3v) is 4.03. The highest BCUT2D eigenvalue weighted by Gasteiger charge is 2.09. The van der Waals surface area contributed by atoms with E-state index in [1.54, 1.807) is 0 Å². The van der Waals surface area contributed by atoms with E-state index in [0.717, 1.165) is 18.7 Å². The molecule has 0 heterocycles. The van der Waals surface area contributed by atoms with Crippen LogP contribution in [0.3, 0.4) is 0 Å². The Morgan fingerprint density at radius 1 is 1.26 bits per heavy atom. The van der Waals surface area contributed by atoms with E-state index in [-0.39, 0.29) is 0 Å². The second-order valence-corrected chi connectivity index (χ2v) is 6.07. The van der Waals surface area contributed by atoms with Crippen molar-refractivity contribution in [1.82, 2.24) is 5.32 Å². The van der Waals surface area contributed by atoms with Crippen LogP contribution in [0.2, 0.25) is 0 Å². The summed E-state index contributed by atoms with van der Waals surface area (Å²) >= 11 is 1.90. The van der Waals surface area contributed by atoms with Gasteiger partial charge in [-0.25, -0.2) is 0 Å². The molecule has 1 N–H and O–H groups in total. The first-order valence-electron chi connectivity index (χ1n) is 7.38. The van der Waals surface area contributed by atoms with Gasteiger partial charge in [-0.05, 0) is 55.7 Å². The molecule has 1 aromatic carbocycles. The summed E-state index contributed by atoms with van der Waals surface area (Å²) in [5.74, 6) is 1.14. The van der Waals surface area contributed by atoms with Gasteiger partial charge in [-0.2, -0.15) is 0 Å². The molecular formula is C17H27NS. The topological polar surface area (TPSA) is 12.0 Å². The molecule has 0 aromatic heterocycles. The average Bonchev–Trinajstić information content (AvgIpc) is 2.44. The Labute approximate surface area is 122 Å². The molecule has 0 bridgehead atoms. The molecule has 0 saturated carbocycles. The monoisotopic (exact) mass is 277 g/mol. The van der Waals surface area contributed by atoms with Gasteiger partial charge in [0.15, 0.2) is 0 Å². The fourth-order valence-electron chi connectivity index (χ4n) is 2.13. The van der Waals surface area contributed by atoms with E-state index in [1.807, 2.05) is 17.8 Å². The second kappa shape index (κ2) is 10.1. The fourth-order valence-corrected chi connectivity index (χ4v) is 2.80. The summed E-state index contributed by atoms with van der Waals surface area (Å²) in [5, 5.41) is 3.65. The van der Waals surface area contributed by atoms with E-state index < -0.39 is 0 Å². The third-order valence-electron chi connectivity index (χ3n) is 3.14. The molecule has 106 valence electrons. The quantitative estimate of drug-likeness (QED) is 0.358. The number of benzene rings is 1. The maximum Gasteiger partial charge on any atom is 0.0320 e. The molecule has 2 heteroatoms. The predicted octanol–water partition coefficient (Wildman–Crippen LogP) is 5.20. The summed E-state index contributed by atoms with van der Waals surface area (Å²) in [6, 6.07) is 9.54. The first kappa shape index (κ1) is 16.3. The van der Waals surface area contributed by atoms with Crippen molar-refractivity contribution in [3.8, 4) is 0 Å². The maximum atomic E-state index is 3.80. The summed E-state index contributed by atoms with van der Waals surface area (Å²) in [5.41, 5.74) is 1.41. The van der Waals surface area contributed by atoms with Crippen LogP contribution in [0.1, 0.15) is 51.1 Å². The Morgan fingerprint density at radius 3 is 2.58 bits per heavy atom. The van der Waals surface area contributed by atoms with Crippen molar-refractivity contribution < 1.29 is 0 Å². The number of thioether (sulfide) groups is 1. The molecule has 0 aliphatic carbocycles. The molecule has 0 fully saturated rings. The summed E-state index contributed by atoms with van der Waals surface area (Å²) < 4.78 is 0. The van der Waals surface area contributed by atoms with E-state index in [9.17, 15) is 0 Å². The van der Waals surface area contributed by atoms with E-state index in [1.165, 1.54) is 29.7 Å². The molecule has 1 unspecified atom stereocenters. The van der Waals surface area contributed by atoms with Crippen molar-refractivity contribution in [1.29, 1.82) is 0 Å². The number of hydrogen-bond donors (Lipinski definition) is 1. The molecule has 1 nitrogen and oxygen atoms in total. The lowest BCUT2D eigenvalue weighted by Crippen LogP contribution is -2.22. The largest absolute Gasteiger partial charge is 0.310 e. The van der Waals surface area contributed by atoms with Gasteiger partial charge in [0.05, 0.1) is 0 Å². The van der Waals surface area contributed by atoms with Crippen LogP contribution in [0, 0.1) is 0 Å². The summed E-state index contributed by atoms with van der Waals surface area (Å²) in [6.45, 7) is 9.30. The van der Waals surface area contributed by atoms with Gasteiger partial charge in [0.25, 0.3) is 0 Å². The van der Waals surface area contributed by atoms with Crippen molar-refractivity contribution in [2.75, 3.05) is 12.3 Å². The van der Waals surface area contributed by atoms with Crippen molar-refractivity contribution in [3.63, 3.8) is 0 Å². The van der Waals surface area contributed by atoms with Crippen LogP contribution in [0.5, 0.6) is 0 Å². The van der Waals surface area contributed by atoms with Gasteiger partial charge in [0.2, 0.25) is 0 Å². The molecule has 0 radical (unpaired) electrons. The molecule has 1 rings (SSSR count). The first-order valence-corrected chi connectivity index (χ1v) is 8.37. The molecule has 1 atom stereocenters. The lowest BCUT2D eigenvalue weighted by atomic mass is 10.0. The van der Waals surface area contributed by atoms with Gasteiger partial charge in [-0.1, -0.05) is 32.1 Å². The van der Waals surface area contributed by atoms with Crippen LogP contribution in [0.15, 0.2) is 41.8 Å². The van der Waals surface area contributed by atoms with Gasteiger partial charge in [0.1, 0.15) is 0 Å². The number of nitrogens with one attached hydrogen (secondary N) is 1. The maximum absolute atomic E-state index is 3.80. The van der Waals surface area contributed by atoms with E-state index in [2.05, 4.69) is 50.0 Å². The Hall–Kier alpha value is -0.730. The third kappa shape index (κ3) is 6.31. The van der Waals surface area contributed by atoms with Crippen LogP contribution in [0.4, 0.5) is 0 Å². The highest BCUT2D eigenvalue weighted by Crippen LogP contribution is 2.23. The number of hydrogen-bond acceptors (Lipinski definition) is 2. The molecule has 0 aliphatic heterocycles. The van der Waals surface area contributed by atoms with Crippen molar-refractivity contribution >= 4 is 11.8 Å². The van der Waals surface area contributed by atoms with Crippen molar-refractivity contribution in [2.24, 2.45) is 0 Å². The van der Waals surface area contributed by atoms with Gasteiger partial charge in [-0.15, -0.1) is 18.3 Å². The average molecular weight is 277 g/mol. The van der Waals surface area contributed by atoms with Crippen molar-refractivity contribution in [3.05, 3.63) is 42.5 Å². The molecule has 0 aliphatic rings. The van der Waals surface area contributed by atoms with Crippen LogP contribution < -0.4 is 5.32 Å². The zero-order valence-corrected chi connectivity index (χ0v) is 13.1. The smallest absolute Gasteiger partial charge is 0.0320 e. The molecular weight excluding hydrogens is 250 g/mol. The minimum Gasteiger partial charge on any atom is -0.310 e. The van der Waals surface area contributed by atoms with Gasteiger partial charge >= 0.3 is 0 Å². The van der Waals surface area contributed by atoms with E-state index >= 15 is 0 Å². The molecule has 0 saturated heterocycles. The lowest BCUT2D eigenvalue weighted by molar-refractivity contribution is 0.486. The Morgan fingerprint density at radius 2 is 2.00 bits per heavy atom. The highest BCUT2D eigenvalue weighted by atomic mass is 32.2. The second-order valence-electron chi connectivity index (χ2n) is 4.73. The SMILES string of the molecule is C=CCCCC(NCCC)c1ccc(SCC)cc1. The van der Waals surface area contributed by atoms with Gasteiger partial charge < -0.3 is 5.32 Å². The van der Waals surface area contributed by atoms with E-state index in [0.29, 0.717) is 6.04 Å². The Kier molecular flexibility index (Phi) is 8.68. The minimum atomic E-state index is 0.487. The van der Waals surface area contributed by atoms with Gasteiger partial charge in [-0.3, -0.25) is 0 Å².